The number of nitrogens with one attached hydrogen (secondary N) is 1. The number of carbonyl (C=O) groups is 1. The number of para-hydroxylation sites is 1. The molecule has 2 N–H and O–H groups in total. The molecule has 1 atom stereocenters. The van der Waals surface area contributed by atoms with E-state index in [1.807, 2.05) is 42.5 Å². The molecule has 0 bridgehead atoms. The molecule has 3 rings (SSSR count). The zero-order valence-corrected chi connectivity index (χ0v) is 12.0. The van der Waals surface area contributed by atoms with E-state index in [1.54, 1.807) is 12.1 Å². The summed E-state index contributed by atoms with van der Waals surface area (Å²) in [5, 5.41) is 13.3. The third-order valence-corrected chi connectivity index (χ3v) is 4.06. The van der Waals surface area contributed by atoms with E-state index in [2.05, 4.69) is 10.3 Å². The van der Waals surface area contributed by atoms with E-state index in [1.165, 1.54) is 11.3 Å². The van der Waals surface area contributed by atoms with Crippen molar-refractivity contribution in [3.8, 4) is 0 Å². The molecule has 0 saturated carbocycles. The van der Waals surface area contributed by atoms with Gasteiger partial charge in [-0.3, -0.25) is 4.79 Å². The molecule has 0 saturated heterocycles. The van der Waals surface area contributed by atoms with Gasteiger partial charge >= 0.3 is 0 Å². The standard InChI is InChI=1S/C16H14N2O2S/c19-13(11-6-2-1-3-7-11)10-15(20)18-16-17-12-8-4-5-9-14(12)21-16/h1-9,13,19H,10H2,(H,17,18,20). The van der Waals surface area contributed by atoms with Crippen molar-refractivity contribution in [2.75, 3.05) is 5.32 Å². The second-order valence-corrected chi connectivity index (χ2v) is 5.70. The average molecular weight is 298 g/mol. The molecule has 0 radical (unpaired) electrons. The molecule has 4 nitrogen and oxygen atoms in total. The summed E-state index contributed by atoms with van der Waals surface area (Å²) in [5.74, 6) is -0.245. The predicted octanol–water partition coefficient (Wildman–Crippen LogP) is 3.36. The second-order valence-electron chi connectivity index (χ2n) is 4.67. The molecule has 0 aliphatic heterocycles. The van der Waals surface area contributed by atoms with E-state index >= 15 is 0 Å². The van der Waals surface area contributed by atoms with E-state index in [9.17, 15) is 9.90 Å². The Morgan fingerprint density at radius 3 is 2.62 bits per heavy atom. The number of nitrogens with zero attached hydrogens (tertiary/aromatic N) is 1. The molecule has 0 aliphatic rings. The maximum absolute atomic E-state index is 12.0. The van der Waals surface area contributed by atoms with Crippen molar-refractivity contribution in [3.63, 3.8) is 0 Å². The van der Waals surface area contributed by atoms with Gasteiger partial charge in [-0.05, 0) is 17.7 Å². The first-order valence-corrected chi connectivity index (χ1v) is 7.42. The summed E-state index contributed by atoms with van der Waals surface area (Å²) in [6, 6.07) is 16.9. The van der Waals surface area contributed by atoms with Crippen LogP contribution in [-0.4, -0.2) is 16.0 Å². The van der Waals surface area contributed by atoms with Crippen molar-refractivity contribution in [2.24, 2.45) is 0 Å². The molecular formula is C16H14N2O2S. The molecule has 1 amide bonds. The van der Waals surface area contributed by atoms with Gasteiger partial charge in [0.2, 0.25) is 5.91 Å². The Balaban J connectivity index is 1.66. The summed E-state index contributed by atoms with van der Waals surface area (Å²) in [5.41, 5.74) is 1.60. The Morgan fingerprint density at radius 1 is 1.14 bits per heavy atom. The minimum absolute atomic E-state index is 0.0138. The second kappa shape index (κ2) is 6.03. The fraction of sp³-hybridized carbons (Fsp3) is 0.125. The molecule has 0 aliphatic carbocycles. The van der Waals surface area contributed by atoms with Gasteiger partial charge < -0.3 is 10.4 Å². The monoisotopic (exact) mass is 298 g/mol. The Morgan fingerprint density at radius 2 is 1.86 bits per heavy atom. The van der Waals surface area contributed by atoms with Crippen molar-refractivity contribution in [2.45, 2.75) is 12.5 Å². The van der Waals surface area contributed by atoms with Gasteiger partial charge in [-0.2, -0.15) is 0 Å². The average Bonchev–Trinajstić information content (AvgIpc) is 2.90. The SMILES string of the molecule is O=C(CC(O)c1ccccc1)Nc1nc2ccccc2s1. The fourth-order valence-corrected chi connectivity index (χ4v) is 2.95. The molecule has 5 heteroatoms. The highest BCUT2D eigenvalue weighted by molar-refractivity contribution is 7.22. The number of aliphatic hydroxyl groups is 1. The van der Waals surface area contributed by atoms with Crippen molar-refractivity contribution in [3.05, 3.63) is 60.2 Å². The lowest BCUT2D eigenvalue weighted by Gasteiger charge is -2.09. The minimum Gasteiger partial charge on any atom is -0.388 e. The van der Waals surface area contributed by atoms with Gasteiger partial charge in [0.15, 0.2) is 5.13 Å². The Hall–Kier alpha value is -2.24. The van der Waals surface area contributed by atoms with E-state index < -0.39 is 6.10 Å². The Kier molecular flexibility index (Phi) is 3.94. The Bertz CT molecular complexity index is 722. The topological polar surface area (TPSA) is 62.2 Å². The largest absolute Gasteiger partial charge is 0.388 e. The highest BCUT2D eigenvalue weighted by atomic mass is 32.1. The third kappa shape index (κ3) is 3.26. The first kappa shape index (κ1) is 13.7. The Labute approximate surface area is 126 Å². The normalized spacial score (nSPS) is 12.2. The van der Waals surface area contributed by atoms with Crippen LogP contribution in [0.3, 0.4) is 0 Å². The number of thiazole rings is 1. The summed E-state index contributed by atoms with van der Waals surface area (Å²) < 4.78 is 1.02. The van der Waals surface area contributed by atoms with Gasteiger partial charge in [0.05, 0.1) is 22.7 Å². The molecular weight excluding hydrogens is 284 g/mol. The van der Waals surface area contributed by atoms with Crippen LogP contribution >= 0.6 is 11.3 Å². The number of aliphatic hydroxyl groups excluding tert-OH is 1. The maximum atomic E-state index is 12.0. The van der Waals surface area contributed by atoms with Gasteiger partial charge in [-0.1, -0.05) is 53.8 Å². The number of fused-ring (bicyclic) bond motifs is 1. The fourth-order valence-electron chi connectivity index (χ4n) is 2.06. The van der Waals surface area contributed by atoms with E-state index in [-0.39, 0.29) is 12.3 Å². The van der Waals surface area contributed by atoms with Crippen LogP contribution in [0.2, 0.25) is 0 Å². The summed E-state index contributed by atoms with van der Waals surface area (Å²) in [7, 11) is 0. The third-order valence-electron chi connectivity index (χ3n) is 3.10. The minimum atomic E-state index is -0.805. The van der Waals surface area contributed by atoms with Crippen LogP contribution in [0, 0.1) is 0 Å². The molecule has 1 unspecified atom stereocenters. The van der Waals surface area contributed by atoms with Gasteiger partial charge in [0, 0.05) is 0 Å². The quantitative estimate of drug-likeness (QED) is 0.776. The number of aromatic nitrogens is 1. The first-order valence-electron chi connectivity index (χ1n) is 6.61. The number of amides is 1. The highest BCUT2D eigenvalue weighted by Crippen LogP contribution is 2.26. The molecule has 1 aromatic heterocycles. The zero-order chi connectivity index (χ0) is 14.7. The summed E-state index contributed by atoms with van der Waals surface area (Å²) in [4.78, 5) is 16.3. The van der Waals surface area contributed by atoms with Crippen LogP contribution in [-0.2, 0) is 4.79 Å². The van der Waals surface area contributed by atoms with Crippen molar-refractivity contribution in [1.29, 1.82) is 0 Å². The number of carbonyl (C=O) groups excluding carboxylic acids is 1. The van der Waals surface area contributed by atoms with Crippen LogP contribution in [0.4, 0.5) is 5.13 Å². The molecule has 21 heavy (non-hydrogen) atoms. The van der Waals surface area contributed by atoms with E-state index in [0.717, 1.165) is 15.8 Å². The first-order chi connectivity index (χ1) is 10.2. The van der Waals surface area contributed by atoms with Crippen LogP contribution < -0.4 is 5.32 Å². The smallest absolute Gasteiger partial charge is 0.229 e. The van der Waals surface area contributed by atoms with Gasteiger partial charge in [0.1, 0.15) is 0 Å². The van der Waals surface area contributed by atoms with E-state index in [0.29, 0.717) is 5.13 Å². The molecule has 0 spiro atoms. The summed E-state index contributed by atoms with van der Waals surface area (Å²) in [6.45, 7) is 0. The number of rotatable bonds is 4. The summed E-state index contributed by atoms with van der Waals surface area (Å²) >= 11 is 1.42. The van der Waals surface area contributed by atoms with E-state index in [4.69, 9.17) is 0 Å². The molecule has 3 aromatic rings. The van der Waals surface area contributed by atoms with Gasteiger partial charge in [-0.15, -0.1) is 0 Å². The van der Waals surface area contributed by atoms with Gasteiger partial charge in [-0.25, -0.2) is 4.98 Å². The lowest BCUT2D eigenvalue weighted by Crippen LogP contribution is -2.15. The molecule has 0 fully saturated rings. The van der Waals surface area contributed by atoms with Crippen molar-refractivity contribution in [1.82, 2.24) is 4.98 Å². The number of anilines is 1. The highest BCUT2D eigenvalue weighted by Gasteiger charge is 2.14. The van der Waals surface area contributed by atoms with Crippen LogP contribution in [0.25, 0.3) is 10.2 Å². The zero-order valence-electron chi connectivity index (χ0n) is 11.2. The lowest BCUT2D eigenvalue weighted by molar-refractivity contribution is -0.118. The molecule has 1 heterocycles. The maximum Gasteiger partial charge on any atom is 0.229 e. The summed E-state index contributed by atoms with van der Waals surface area (Å²) in [6.07, 6.45) is -0.791. The lowest BCUT2D eigenvalue weighted by atomic mass is 10.1. The van der Waals surface area contributed by atoms with Gasteiger partial charge in [0.25, 0.3) is 0 Å². The van der Waals surface area contributed by atoms with Crippen molar-refractivity contribution >= 4 is 32.6 Å². The van der Waals surface area contributed by atoms with Crippen LogP contribution in [0.15, 0.2) is 54.6 Å². The van der Waals surface area contributed by atoms with Crippen LogP contribution in [0.5, 0.6) is 0 Å². The van der Waals surface area contributed by atoms with Crippen molar-refractivity contribution < 1.29 is 9.90 Å². The number of hydrogen-bond acceptors (Lipinski definition) is 4. The molecule has 106 valence electrons. The van der Waals surface area contributed by atoms with Crippen LogP contribution in [0.1, 0.15) is 18.1 Å². The number of hydrogen-bond donors (Lipinski definition) is 2. The number of benzene rings is 2. The predicted molar refractivity (Wildman–Crippen MR) is 84.3 cm³/mol. The molecule has 2 aromatic carbocycles.